The number of nitrogens with one attached hydrogen (secondary N) is 1. The SMILES string of the molecule is CC1CCCCN1C(=O)C1CCC(NC(=O)C2CCCCC2Cl)CC1. The summed E-state index contributed by atoms with van der Waals surface area (Å²) in [4.78, 5) is 27.4. The van der Waals surface area contributed by atoms with Crippen LogP contribution in [0.4, 0.5) is 0 Å². The van der Waals surface area contributed by atoms with Crippen LogP contribution < -0.4 is 5.32 Å². The summed E-state index contributed by atoms with van der Waals surface area (Å²) in [7, 11) is 0. The maximum atomic E-state index is 12.8. The summed E-state index contributed by atoms with van der Waals surface area (Å²) in [6.07, 6.45) is 11.3. The molecule has 2 aliphatic carbocycles. The molecule has 0 radical (unpaired) electrons. The lowest BCUT2D eigenvalue weighted by molar-refractivity contribution is -0.140. The van der Waals surface area contributed by atoms with Crippen molar-refractivity contribution < 1.29 is 9.59 Å². The average molecular weight is 369 g/mol. The number of hydrogen-bond acceptors (Lipinski definition) is 2. The van der Waals surface area contributed by atoms with Crippen molar-refractivity contribution in [1.29, 1.82) is 0 Å². The highest BCUT2D eigenvalue weighted by atomic mass is 35.5. The molecule has 5 heteroatoms. The Morgan fingerprint density at radius 2 is 1.60 bits per heavy atom. The van der Waals surface area contributed by atoms with Crippen LogP contribution in [0.25, 0.3) is 0 Å². The molecule has 1 N–H and O–H groups in total. The Balaban J connectivity index is 1.45. The minimum absolute atomic E-state index is 0.00717. The lowest BCUT2D eigenvalue weighted by Crippen LogP contribution is -2.48. The highest BCUT2D eigenvalue weighted by Crippen LogP contribution is 2.31. The second-order valence-electron chi connectivity index (χ2n) is 8.34. The molecule has 1 aliphatic heterocycles. The van der Waals surface area contributed by atoms with Gasteiger partial charge in [-0.15, -0.1) is 11.6 Å². The van der Waals surface area contributed by atoms with E-state index in [1.54, 1.807) is 0 Å². The van der Waals surface area contributed by atoms with E-state index in [0.29, 0.717) is 11.9 Å². The number of halogens is 1. The summed E-state index contributed by atoms with van der Waals surface area (Å²) in [5, 5.41) is 3.21. The first kappa shape index (κ1) is 19.0. The number of likely N-dealkylation sites (tertiary alicyclic amines) is 1. The molecule has 3 atom stereocenters. The van der Waals surface area contributed by atoms with Crippen LogP contribution in [0.2, 0.25) is 0 Å². The minimum Gasteiger partial charge on any atom is -0.353 e. The number of carbonyl (C=O) groups excluding carboxylic acids is 2. The normalized spacial score (nSPS) is 36.7. The number of rotatable bonds is 3. The van der Waals surface area contributed by atoms with Gasteiger partial charge in [-0.2, -0.15) is 0 Å². The summed E-state index contributed by atoms with van der Waals surface area (Å²) >= 11 is 6.35. The molecule has 2 amide bonds. The third-order valence-electron chi connectivity index (χ3n) is 6.53. The number of hydrogen-bond donors (Lipinski definition) is 1. The summed E-state index contributed by atoms with van der Waals surface area (Å²) in [6.45, 7) is 3.10. The molecule has 4 nitrogen and oxygen atoms in total. The first-order chi connectivity index (χ1) is 12.1. The quantitative estimate of drug-likeness (QED) is 0.769. The number of alkyl halides is 1. The van der Waals surface area contributed by atoms with Gasteiger partial charge < -0.3 is 10.2 Å². The van der Waals surface area contributed by atoms with Crippen molar-refractivity contribution in [3.63, 3.8) is 0 Å². The Morgan fingerprint density at radius 1 is 0.920 bits per heavy atom. The van der Waals surface area contributed by atoms with Crippen molar-refractivity contribution in [2.45, 2.75) is 95.0 Å². The largest absolute Gasteiger partial charge is 0.353 e. The van der Waals surface area contributed by atoms with Gasteiger partial charge in [-0.05, 0) is 64.7 Å². The van der Waals surface area contributed by atoms with Crippen molar-refractivity contribution in [3.8, 4) is 0 Å². The van der Waals surface area contributed by atoms with Gasteiger partial charge in [0.25, 0.3) is 0 Å². The van der Waals surface area contributed by atoms with Gasteiger partial charge >= 0.3 is 0 Å². The van der Waals surface area contributed by atoms with E-state index in [-0.39, 0.29) is 29.2 Å². The van der Waals surface area contributed by atoms with Gasteiger partial charge in [0.15, 0.2) is 0 Å². The van der Waals surface area contributed by atoms with E-state index in [0.717, 1.165) is 70.8 Å². The third-order valence-corrected chi connectivity index (χ3v) is 7.05. The minimum atomic E-state index is -0.0241. The highest BCUT2D eigenvalue weighted by Gasteiger charge is 2.34. The second kappa shape index (κ2) is 8.75. The number of amides is 2. The molecule has 3 unspecified atom stereocenters. The predicted molar refractivity (Wildman–Crippen MR) is 101 cm³/mol. The standard InChI is InChI=1S/C20H33ClN2O2/c1-14-6-4-5-13-23(14)20(25)15-9-11-16(12-10-15)22-19(24)17-7-2-3-8-18(17)21/h14-18H,2-13H2,1H3,(H,22,24). The van der Waals surface area contributed by atoms with E-state index in [1.807, 2.05) is 0 Å². The molecule has 3 aliphatic rings. The van der Waals surface area contributed by atoms with Crippen LogP contribution in [-0.4, -0.2) is 40.7 Å². The van der Waals surface area contributed by atoms with Crippen LogP contribution in [0.3, 0.4) is 0 Å². The van der Waals surface area contributed by atoms with Gasteiger partial charge in [0, 0.05) is 29.9 Å². The van der Waals surface area contributed by atoms with Gasteiger partial charge in [-0.1, -0.05) is 12.8 Å². The zero-order chi connectivity index (χ0) is 17.8. The first-order valence-corrected chi connectivity index (χ1v) is 10.7. The van der Waals surface area contributed by atoms with E-state index in [2.05, 4.69) is 17.1 Å². The van der Waals surface area contributed by atoms with Gasteiger partial charge in [0.05, 0.1) is 5.92 Å². The Morgan fingerprint density at radius 3 is 2.28 bits per heavy atom. The van der Waals surface area contributed by atoms with Crippen LogP contribution in [0.15, 0.2) is 0 Å². The van der Waals surface area contributed by atoms with Gasteiger partial charge in [0.1, 0.15) is 0 Å². The van der Waals surface area contributed by atoms with Crippen LogP contribution in [-0.2, 0) is 9.59 Å². The summed E-state index contributed by atoms with van der Waals surface area (Å²) < 4.78 is 0. The van der Waals surface area contributed by atoms with Crippen LogP contribution >= 0.6 is 11.6 Å². The van der Waals surface area contributed by atoms with Crippen molar-refractivity contribution in [2.75, 3.05) is 6.54 Å². The molecular formula is C20H33ClN2O2. The molecule has 1 heterocycles. The monoisotopic (exact) mass is 368 g/mol. The molecule has 3 rings (SSSR count). The molecule has 0 spiro atoms. The predicted octanol–water partition coefficient (Wildman–Crippen LogP) is 3.86. The van der Waals surface area contributed by atoms with Crippen molar-refractivity contribution >= 4 is 23.4 Å². The van der Waals surface area contributed by atoms with E-state index in [9.17, 15) is 9.59 Å². The molecule has 0 aromatic carbocycles. The smallest absolute Gasteiger partial charge is 0.225 e. The zero-order valence-corrected chi connectivity index (χ0v) is 16.3. The molecule has 3 fully saturated rings. The Kier molecular flexibility index (Phi) is 6.65. The number of carbonyl (C=O) groups is 2. The molecule has 0 bridgehead atoms. The second-order valence-corrected chi connectivity index (χ2v) is 8.90. The molecule has 25 heavy (non-hydrogen) atoms. The summed E-state index contributed by atoms with van der Waals surface area (Å²) in [5.74, 6) is 0.623. The average Bonchev–Trinajstić information content (AvgIpc) is 2.62. The van der Waals surface area contributed by atoms with E-state index >= 15 is 0 Å². The number of nitrogens with zero attached hydrogens (tertiary/aromatic N) is 1. The van der Waals surface area contributed by atoms with Crippen molar-refractivity contribution in [1.82, 2.24) is 10.2 Å². The topological polar surface area (TPSA) is 49.4 Å². The van der Waals surface area contributed by atoms with Crippen LogP contribution in [0.5, 0.6) is 0 Å². The van der Waals surface area contributed by atoms with Gasteiger partial charge in [0.2, 0.25) is 11.8 Å². The number of piperidine rings is 1. The van der Waals surface area contributed by atoms with Gasteiger partial charge in [-0.25, -0.2) is 0 Å². The maximum absolute atomic E-state index is 12.8. The molecular weight excluding hydrogens is 336 g/mol. The highest BCUT2D eigenvalue weighted by molar-refractivity contribution is 6.22. The van der Waals surface area contributed by atoms with E-state index < -0.39 is 0 Å². The fourth-order valence-corrected chi connectivity index (χ4v) is 5.23. The van der Waals surface area contributed by atoms with Crippen molar-refractivity contribution in [3.05, 3.63) is 0 Å². The molecule has 1 saturated heterocycles. The fraction of sp³-hybridized carbons (Fsp3) is 0.900. The molecule has 0 aromatic rings. The summed E-state index contributed by atoms with van der Waals surface area (Å²) in [6, 6.07) is 0.617. The summed E-state index contributed by atoms with van der Waals surface area (Å²) in [5.41, 5.74) is 0. The Bertz CT molecular complexity index is 476. The first-order valence-electron chi connectivity index (χ1n) is 10.3. The zero-order valence-electron chi connectivity index (χ0n) is 15.5. The fourth-order valence-electron chi connectivity index (χ4n) is 4.83. The van der Waals surface area contributed by atoms with E-state index in [1.165, 1.54) is 6.42 Å². The van der Waals surface area contributed by atoms with Gasteiger partial charge in [-0.3, -0.25) is 9.59 Å². The van der Waals surface area contributed by atoms with Crippen molar-refractivity contribution in [2.24, 2.45) is 11.8 Å². The Hall–Kier alpha value is -0.770. The lowest BCUT2D eigenvalue weighted by atomic mass is 9.83. The maximum Gasteiger partial charge on any atom is 0.225 e. The van der Waals surface area contributed by atoms with E-state index in [4.69, 9.17) is 11.6 Å². The molecule has 0 aromatic heterocycles. The Labute approximate surface area is 157 Å². The van der Waals surface area contributed by atoms with Crippen LogP contribution in [0.1, 0.15) is 77.6 Å². The molecule has 142 valence electrons. The molecule has 2 saturated carbocycles. The van der Waals surface area contributed by atoms with Crippen LogP contribution in [0, 0.1) is 11.8 Å². The third kappa shape index (κ3) is 4.69. The lowest BCUT2D eigenvalue weighted by Gasteiger charge is -2.38.